The van der Waals surface area contributed by atoms with E-state index in [1.54, 1.807) is 0 Å². The Balaban J connectivity index is 1.40. The Morgan fingerprint density at radius 1 is 1.00 bits per heavy atom. The smallest absolute Gasteiger partial charge is 0.251 e. The number of amides is 1. The Bertz CT molecular complexity index is 1080. The molecule has 0 aliphatic heterocycles. The molecule has 2 heterocycles. The summed E-state index contributed by atoms with van der Waals surface area (Å²) in [5.41, 5.74) is 9.91. The summed E-state index contributed by atoms with van der Waals surface area (Å²) in [6, 6.07) is 14.8. The van der Waals surface area contributed by atoms with Gasteiger partial charge in [-0.05, 0) is 56.2 Å². The average molecular weight is 446 g/mol. The van der Waals surface area contributed by atoms with Gasteiger partial charge in [-0.25, -0.2) is 4.98 Å². The average Bonchev–Trinajstić information content (AvgIpc) is 3.23. The van der Waals surface area contributed by atoms with E-state index in [0.717, 1.165) is 49.4 Å². The second kappa shape index (κ2) is 9.96. The van der Waals surface area contributed by atoms with Crippen molar-refractivity contribution in [1.82, 2.24) is 14.7 Å². The van der Waals surface area contributed by atoms with Crippen LogP contribution in [0.1, 0.15) is 85.3 Å². The minimum absolute atomic E-state index is 0.0148. The van der Waals surface area contributed by atoms with E-state index in [4.69, 9.17) is 10.7 Å². The molecule has 2 saturated carbocycles. The van der Waals surface area contributed by atoms with Crippen molar-refractivity contribution >= 4 is 17.4 Å². The van der Waals surface area contributed by atoms with Gasteiger partial charge in [0.2, 0.25) is 0 Å². The molecular formula is C27H35N5O. The van der Waals surface area contributed by atoms with Gasteiger partial charge in [0.1, 0.15) is 11.5 Å². The number of hydrogen-bond donors (Lipinski definition) is 3. The van der Waals surface area contributed by atoms with Crippen LogP contribution >= 0.6 is 0 Å². The number of imidazole rings is 1. The van der Waals surface area contributed by atoms with Crippen LogP contribution in [0.4, 0.5) is 5.82 Å². The van der Waals surface area contributed by atoms with Crippen molar-refractivity contribution in [3.8, 4) is 0 Å². The van der Waals surface area contributed by atoms with Crippen molar-refractivity contribution in [3.05, 3.63) is 65.5 Å². The van der Waals surface area contributed by atoms with Gasteiger partial charge in [0.25, 0.3) is 5.91 Å². The van der Waals surface area contributed by atoms with E-state index in [-0.39, 0.29) is 18.0 Å². The Labute approximate surface area is 196 Å². The molecule has 6 heteroatoms. The third-order valence-electron chi connectivity index (χ3n) is 7.32. The molecule has 3 aromatic rings. The van der Waals surface area contributed by atoms with Crippen LogP contribution in [0, 0.1) is 0 Å². The van der Waals surface area contributed by atoms with Crippen LogP contribution in [0.15, 0.2) is 48.7 Å². The number of fused-ring (bicyclic) bond motifs is 1. The van der Waals surface area contributed by atoms with Crippen LogP contribution in [0.2, 0.25) is 0 Å². The first-order valence-electron chi connectivity index (χ1n) is 12.5. The van der Waals surface area contributed by atoms with Crippen molar-refractivity contribution in [3.63, 3.8) is 0 Å². The topological polar surface area (TPSA) is 84.5 Å². The number of carbonyl (C=O) groups excluding carboxylic acids is 1. The molecule has 1 aromatic carbocycles. The van der Waals surface area contributed by atoms with Crippen molar-refractivity contribution < 1.29 is 4.79 Å². The fourth-order valence-corrected chi connectivity index (χ4v) is 5.35. The fraction of sp³-hybridized carbons (Fsp3) is 0.481. The Kier molecular flexibility index (Phi) is 6.63. The van der Waals surface area contributed by atoms with Crippen LogP contribution in [-0.2, 0) is 6.54 Å². The van der Waals surface area contributed by atoms with Crippen molar-refractivity contribution in [1.29, 1.82) is 0 Å². The first-order valence-corrected chi connectivity index (χ1v) is 12.5. The first kappa shape index (κ1) is 22.0. The lowest BCUT2D eigenvalue weighted by atomic mass is 9.87. The summed E-state index contributed by atoms with van der Waals surface area (Å²) in [7, 11) is 0. The minimum atomic E-state index is -0.0148. The summed E-state index contributed by atoms with van der Waals surface area (Å²) in [4.78, 5) is 18.0. The van der Waals surface area contributed by atoms with Crippen LogP contribution in [-0.4, -0.2) is 27.4 Å². The van der Waals surface area contributed by atoms with Crippen LogP contribution in [0.3, 0.4) is 0 Å². The second-order valence-corrected chi connectivity index (χ2v) is 9.75. The predicted octanol–water partition coefficient (Wildman–Crippen LogP) is 4.99. The van der Waals surface area contributed by atoms with E-state index >= 15 is 0 Å². The number of rotatable bonds is 6. The number of carbonyl (C=O) groups is 1. The molecule has 2 aliphatic rings. The highest BCUT2D eigenvalue weighted by molar-refractivity contribution is 5.95. The Hall–Kier alpha value is -2.86. The molecular weight excluding hydrogens is 410 g/mol. The van der Waals surface area contributed by atoms with Gasteiger partial charge in [-0.2, -0.15) is 0 Å². The van der Waals surface area contributed by atoms with E-state index in [1.165, 1.54) is 37.7 Å². The highest BCUT2D eigenvalue weighted by atomic mass is 16.1. The summed E-state index contributed by atoms with van der Waals surface area (Å²) in [6.07, 6.45) is 12.1. The third-order valence-corrected chi connectivity index (χ3v) is 7.32. The lowest BCUT2D eigenvalue weighted by Crippen LogP contribution is -2.40. The van der Waals surface area contributed by atoms with E-state index in [0.29, 0.717) is 11.5 Å². The number of pyridine rings is 1. The molecule has 2 fully saturated rings. The van der Waals surface area contributed by atoms with Gasteiger partial charge in [-0.3, -0.25) is 9.20 Å². The van der Waals surface area contributed by atoms with Crippen LogP contribution in [0.5, 0.6) is 0 Å². The highest BCUT2D eigenvalue weighted by Crippen LogP contribution is 2.36. The van der Waals surface area contributed by atoms with Gasteiger partial charge in [-0.1, -0.05) is 49.6 Å². The number of hydrogen-bond acceptors (Lipinski definition) is 4. The molecule has 0 unspecified atom stereocenters. The number of nitrogens with zero attached hydrogens (tertiary/aromatic N) is 2. The second-order valence-electron chi connectivity index (χ2n) is 9.75. The van der Waals surface area contributed by atoms with Gasteiger partial charge < -0.3 is 16.4 Å². The molecule has 0 spiro atoms. The monoisotopic (exact) mass is 445 g/mol. The van der Waals surface area contributed by atoms with Gasteiger partial charge in [0.15, 0.2) is 0 Å². The summed E-state index contributed by atoms with van der Waals surface area (Å²) in [6.45, 7) is 0.750. The summed E-state index contributed by atoms with van der Waals surface area (Å²) >= 11 is 0. The zero-order chi connectivity index (χ0) is 22.6. The maximum atomic E-state index is 12.9. The van der Waals surface area contributed by atoms with Gasteiger partial charge in [0, 0.05) is 36.3 Å². The molecule has 0 bridgehead atoms. The maximum Gasteiger partial charge on any atom is 0.251 e. The lowest BCUT2D eigenvalue weighted by molar-refractivity contribution is 0.0926. The van der Waals surface area contributed by atoms with E-state index in [9.17, 15) is 4.79 Å². The molecule has 0 atom stereocenters. The number of aromatic nitrogens is 2. The molecule has 4 N–H and O–H groups in total. The lowest BCUT2D eigenvalue weighted by Gasteiger charge is -2.26. The molecule has 2 aliphatic carbocycles. The zero-order valence-corrected chi connectivity index (χ0v) is 19.3. The molecule has 1 amide bonds. The number of benzene rings is 1. The quantitative estimate of drug-likeness (QED) is 0.499. The first-order chi connectivity index (χ1) is 16.2. The largest absolute Gasteiger partial charge is 0.366 e. The molecule has 33 heavy (non-hydrogen) atoms. The zero-order valence-electron chi connectivity index (χ0n) is 19.3. The van der Waals surface area contributed by atoms with E-state index in [2.05, 4.69) is 39.3 Å². The number of nitrogens with two attached hydrogens (primary N) is 1. The minimum Gasteiger partial charge on any atom is -0.366 e. The van der Waals surface area contributed by atoms with Crippen LogP contribution in [0.25, 0.3) is 5.65 Å². The normalized spacial score (nSPS) is 21.7. The molecule has 174 valence electrons. The highest BCUT2D eigenvalue weighted by Gasteiger charge is 2.25. The van der Waals surface area contributed by atoms with Crippen molar-refractivity contribution in [2.75, 3.05) is 5.32 Å². The molecule has 2 aromatic heterocycles. The van der Waals surface area contributed by atoms with Crippen LogP contribution < -0.4 is 16.4 Å². The van der Waals surface area contributed by atoms with Gasteiger partial charge >= 0.3 is 0 Å². The molecule has 0 radical (unpaired) electrons. The fourth-order valence-electron chi connectivity index (χ4n) is 5.35. The van der Waals surface area contributed by atoms with Gasteiger partial charge in [-0.15, -0.1) is 0 Å². The van der Waals surface area contributed by atoms with E-state index < -0.39 is 0 Å². The molecule has 6 nitrogen and oxygen atoms in total. The predicted molar refractivity (Wildman–Crippen MR) is 132 cm³/mol. The van der Waals surface area contributed by atoms with Crippen molar-refractivity contribution in [2.24, 2.45) is 5.73 Å². The maximum absolute atomic E-state index is 12.9. The number of anilines is 1. The standard InChI is InChI=1S/C27H35N5O/c28-22-11-13-23(14-12-22)30-27(33)21-15-16-32-24(17-21)31-25(20-9-5-2-6-10-20)26(32)29-18-19-7-3-1-4-8-19/h1,3-4,7-8,15-17,20,22-23,29H,2,5-6,9-14,18,28H2,(H,30,33). The SMILES string of the molecule is NC1CCC(NC(=O)c2ccn3c(NCc4ccccc4)c(C4CCCCC4)nc3c2)CC1. The summed E-state index contributed by atoms with van der Waals surface area (Å²) < 4.78 is 2.11. The van der Waals surface area contributed by atoms with E-state index in [1.807, 2.05) is 24.4 Å². The molecule has 0 saturated heterocycles. The number of nitrogens with one attached hydrogen (secondary N) is 2. The third kappa shape index (κ3) is 5.06. The van der Waals surface area contributed by atoms with Gasteiger partial charge in [0.05, 0.1) is 5.69 Å². The Morgan fingerprint density at radius 2 is 1.76 bits per heavy atom. The Morgan fingerprint density at radius 3 is 2.52 bits per heavy atom. The van der Waals surface area contributed by atoms with Crippen molar-refractivity contribution in [2.45, 2.75) is 82.3 Å². The summed E-state index contributed by atoms with van der Waals surface area (Å²) in [5.74, 6) is 1.52. The molecule has 5 rings (SSSR count). The summed E-state index contributed by atoms with van der Waals surface area (Å²) in [5, 5.41) is 6.86.